The van der Waals surface area contributed by atoms with Crippen LogP contribution >= 0.6 is 0 Å². The second-order valence-electron chi connectivity index (χ2n) is 7.59. The first-order valence-electron chi connectivity index (χ1n) is 9.16. The van der Waals surface area contributed by atoms with Crippen LogP contribution < -0.4 is 0 Å². The van der Waals surface area contributed by atoms with Crippen LogP contribution in [0, 0.1) is 5.92 Å². The molecule has 0 aliphatic carbocycles. The fourth-order valence-electron chi connectivity index (χ4n) is 3.79. The number of rotatable bonds is 8. The molecule has 2 atom stereocenters. The van der Waals surface area contributed by atoms with E-state index >= 15 is 0 Å². The minimum Gasteiger partial charge on any atom is -0.0915 e. The smallest absolute Gasteiger partial charge is 0.0915 e. The summed E-state index contributed by atoms with van der Waals surface area (Å²) in [6.07, 6.45) is 0. The molecule has 2 aromatic carbocycles. The van der Waals surface area contributed by atoms with E-state index in [-0.39, 0.29) is 0 Å². The van der Waals surface area contributed by atoms with E-state index in [1.54, 1.807) is 0 Å². The van der Waals surface area contributed by atoms with Gasteiger partial charge in [-0.25, -0.2) is 0 Å². The fourth-order valence-corrected chi connectivity index (χ4v) is 8.25. The van der Waals surface area contributed by atoms with Crippen LogP contribution in [0.4, 0.5) is 0 Å². The predicted octanol–water partition coefficient (Wildman–Crippen LogP) is 6.74. The Morgan fingerprint density at radius 2 is 1.00 bits per heavy atom. The molecule has 0 fully saturated rings. The van der Waals surface area contributed by atoms with E-state index < -0.39 is 14.1 Å². The zero-order chi connectivity index (χ0) is 16.7. The maximum atomic E-state index is 2.42. The van der Waals surface area contributed by atoms with E-state index in [1.807, 2.05) is 0 Å². The third-order valence-electron chi connectivity index (χ3n) is 4.92. The van der Waals surface area contributed by atoms with Gasteiger partial charge in [0, 0.05) is 0 Å². The summed E-state index contributed by atoms with van der Waals surface area (Å²) in [4.78, 5) is 0. The monoisotopic (exact) mass is 322 g/mol. The molecule has 0 aromatic heterocycles. The standard InChI is InChI=1S/2C9H11.C4H9.Al/c2*1-8(2)9-6-4-3-5-7-9;1-4(2)3;/h2*3-8H,1H2,2H3;4H,1H2,2-3H3;. The van der Waals surface area contributed by atoms with Crippen LogP contribution in [0.3, 0.4) is 0 Å². The van der Waals surface area contributed by atoms with Gasteiger partial charge in [0.15, 0.2) is 0 Å². The van der Waals surface area contributed by atoms with Crippen molar-refractivity contribution in [1.29, 1.82) is 0 Å². The van der Waals surface area contributed by atoms with Crippen LogP contribution in [0.15, 0.2) is 60.7 Å². The first-order chi connectivity index (χ1) is 11.1. The summed E-state index contributed by atoms with van der Waals surface area (Å²) < 4.78 is 0. The summed E-state index contributed by atoms with van der Waals surface area (Å²) in [5.41, 5.74) is 3.03. The van der Waals surface area contributed by atoms with Crippen molar-refractivity contribution in [3.63, 3.8) is 0 Å². The van der Waals surface area contributed by atoms with Crippen LogP contribution in [0.25, 0.3) is 0 Å². The molecule has 0 heterocycles. The Morgan fingerprint density at radius 3 is 1.35 bits per heavy atom. The molecular weight excluding hydrogens is 291 g/mol. The Labute approximate surface area is 147 Å². The molecule has 0 aliphatic rings. The maximum absolute atomic E-state index is 2.42. The molecule has 122 valence electrons. The molecule has 0 saturated carbocycles. The topological polar surface area (TPSA) is 0 Å². The molecule has 0 bridgehead atoms. The first-order valence-corrected chi connectivity index (χ1v) is 11.6. The van der Waals surface area contributed by atoms with E-state index in [0.29, 0.717) is 11.8 Å². The molecule has 1 heteroatoms. The molecular formula is C22H31Al. The van der Waals surface area contributed by atoms with Crippen LogP contribution in [-0.2, 0) is 0 Å². The molecule has 23 heavy (non-hydrogen) atoms. The lowest BCUT2D eigenvalue weighted by Crippen LogP contribution is -2.20. The van der Waals surface area contributed by atoms with E-state index in [4.69, 9.17) is 0 Å². The van der Waals surface area contributed by atoms with Crippen molar-refractivity contribution in [2.75, 3.05) is 0 Å². The van der Waals surface area contributed by atoms with Gasteiger partial charge in [-0.05, 0) is 23.0 Å². The highest BCUT2D eigenvalue weighted by molar-refractivity contribution is 6.59. The van der Waals surface area contributed by atoms with Crippen molar-refractivity contribution in [2.45, 2.75) is 55.4 Å². The second-order valence-corrected chi connectivity index (χ2v) is 10.7. The fraction of sp³-hybridized carbons (Fsp3) is 0.455. The summed E-state index contributed by atoms with van der Waals surface area (Å²) >= 11 is -0.747. The lowest BCUT2D eigenvalue weighted by atomic mass is 10.0. The van der Waals surface area contributed by atoms with Gasteiger partial charge in [0.05, 0.1) is 0 Å². The summed E-state index contributed by atoms with van der Waals surface area (Å²) in [5.74, 6) is 2.24. The molecule has 0 saturated heterocycles. The predicted molar refractivity (Wildman–Crippen MR) is 105 cm³/mol. The molecule has 0 spiro atoms. The molecule has 0 radical (unpaired) electrons. The average molecular weight is 322 g/mol. The Bertz CT molecular complexity index is 499. The van der Waals surface area contributed by atoms with E-state index in [0.717, 1.165) is 5.92 Å². The van der Waals surface area contributed by atoms with Crippen molar-refractivity contribution in [3.8, 4) is 0 Å². The lowest BCUT2D eigenvalue weighted by Gasteiger charge is -2.22. The van der Waals surface area contributed by atoms with Gasteiger partial charge in [0.2, 0.25) is 0 Å². The van der Waals surface area contributed by atoms with Crippen LogP contribution in [0.1, 0.15) is 50.7 Å². The molecule has 2 aromatic rings. The Hall–Kier alpha value is -1.03. The Morgan fingerprint density at radius 1 is 0.609 bits per heavy atom. The van der Waals surface area contributed by atoms with Gasteiger partial charge in [-0.15, -0.1) is 0 Å². The Kier molecular flexibility index (Phi) is 7.41. The highest BCUT2D eigenvalue weighted by Crippen LogP contribution is 2.30. The van der Waals surface area contributed by atoms with Gasteiger partial charge < -0.3 is 0 Å². The summed E-state index contributed by atoms with van der Waals surface area (Å²) in [5, 5.41) is 4.33. The maximum Gasteiger partial charge on any atom is 0.263 e. The van der Waals surface area contributed by atoms with Crippen molar-refractivity contribution in [3.05, 3.63) is 71.8 Å². The van der Waals surface area contributed by atoms with E-state index in [2.05, 4.69) is 88.4 Å². The minimum absolute atomic E-state index is 0.703. The number of hydrogen-bond acceptors (Lipinski definition) is 0. The SMILES string of the molecule is CC(C)[CH2][Al]([CH2]C(C)c1ccccc1)[CH2]C(C)c1ccccc1. The summed E-state index contributed by atoms with van der Waals surface area (Å²) in [6.45, 7) is 9.62. The van der Waals surface area contributed by atoms with Crippen LogP contribution in [0.5, 0.6) is 0 Å². The van der Waals surface area contributed by atoms with Gasteiger partial charge in [-0.1, -0.05) is 110 Å². The van der Waals surface area contributed by atoms with Gasteiger partial charge in [-0.3, -0.25) is 0 Å². The highest BCUT2D eigenvalue weighted by Gasteiger charge is 2.24. The summed E-state index contributed by atoms with van der Waals surface area (Å²) in [6, 6.07) is 22.1. The van der Waals surface area contributed by atoms with Gasteiger partial charge in [0.1, 0.15) is 0 Å². The third-order valence-corrected chi connectivity index (χ3v) is 9.27. The van der Waals surface area contributed by atoms with Crippen molar-refractivity contribution >= 4 is 14.1 Å². The molecule has 0 nitrogen and oxygen atoms in total. The normalized spacial score (nSPS) is 13.8. The van der Waals surface area contributed by atoms with Gasteiger partial charge >= 0.3 is 0 Å². The number of benzene rings is 2. The largest absolute Gasteiger partial charge is 0.263 e. The zero-order valence-electron chi connectivity index (χ0n) is 15.2. The van der Waals surface area contributed by atoms with Crippen molar-refractivity contribution in [1.82, 2.24) is 0 Å². The first kappa shape index (κ1) is 18.3. The van der Waals surface area contributed by atoms with Gasteiger partial charge in [-0.2, -0.15) is 0 Å². The minimum atomic E-state index is -0.747. The number of hydrogen-bond donors (Lipinski definition) is 0. The average Bonchev–Trinajstić information content (AvgIpc) is 2.55. The molecule has 0 aliphatic heterocycles. The second kappa shape index (κ2) is 9.31. The van der Waals surface area contributed by atoms with E-state index in [9.17, 15) is 0 Å². The van der Waals surface area contributed by atoms with Gasteiger partial charge in [0.25, 0.3) is 14.1 Å². The summed E-state index contributed by atoms with van der Waals surface area (Å²) in [7, 11) is 0. The van der Waals surface area contributed by atoms with Crippen LogP contribution in [-0.4, -0.2) is 14.1 Å². The zero-order valence-corrected chi connectivity index (χ0v) is 16.4. The lowest BCUT2D eigenvalue weighted by molar-refractivity contribution is 0.705. The molecule has 2 rings (SSSR count). The van der Waals surface area contributed by atoms with Crippen molar-refractivity contribution < 1.29 is 0 Å². The van der Waals surface area contributed by atoms with Crippen LogP contribution in [0.2, 0.25) is 15.8 Å². The molecule has 2 unspecified atom stereocenters. The van der Waals surface area contributed by atoms with E-state index in [1.165, 1.54) is 27.0 Å². The quantitative estimate of drug-likeness (QED) is 0.472. The van der Waals surface area contributed by atoms with Crippen molar-refractivity contribution in [2.24, 2.45) is 5.92 Å². The highest BCUT2D eigenvalue weighted by atomic mass is 27.2. The Balaban J connectivity index is 2.02. The third kappa shape index (κ3) is 6.17. The molecule has 0 amide bonds. The molecule has 0 N–H and O–H groups in total.